The van der Waals surface area contributed by atoms with Crippen LogP contribution in [-0.2, 0) is 22.4 Å². The summed E-state index contributed by atoms with van der Waals surface area (Å²) in [6, 6.07) is 27.7. The van der Waals surface area contributed by atoms with Crippen molar-refractivity contribution in [3.05, 3.63) is 102 Å². The first-order valence-electron chi connectivity index (χ1n) is 15.3. The molecule has 0 unspecified atom stereocenters. The van der Waals surface area contributed by atoms with E-state index in [2.05, 4.69) is 10.6 Å². The number of nitrogens with zero attached hydrogens (tertiary/aromatic N) is 2. The number of nitrogens with one attached hydrogen (secondary N) is 2. The zero-order chi connectivity index (χ0) is 31.9. The first-order chi connectivity index (χ1) is 21.7. The Morgan fingerprint density at radius 2 is 1.73 bits per heavy atom. The van der Waals surface area contributed by atoms with Gasteiger partial charge < -0.3 is 30.3 Å². The number of aliphatic hydroxyl groups is 1. The Hall–Kier alpha value is -4.89. The maximum atomic E-state index is 13.5. The van der Waals surface area contributed by atoms with Crippen LogP contribution in [0.5, 0.6) is 5.75 Å². The van der Waals surface area contributed by atoms with Crippen LogP contribution in [-0.4, -0.2) is 71.6 Å². The van der Waals surface area contributed by atoms with Crippen molar-refractivity contribution in [3.8, 4) is 5.75 Å². The van der Waals surface area contributed by atoms with Crippen LogP contribution in [0.4, 0.5) is 16.2 Å². The van der Waals surface area contributed by atoms with Gasteiger partial charge in [0, 0.05) is 36.1 Å². The summed E-state index contributed by atoms with van der Waals surface area (Å²) < 4.78 is 6.56. The number of fused-ring (bicyclic) bond motifs is 2. The number of anilines is 2. The largest absolute Gasteiger partial charge is 0.488 e. The van der Waals surface area contributed by atoms with Crippen LogP contribution in [0.2, 0.25) is 0 Å². The molecule has 1 aliphatic rings. The molecule has 0 aromatic heterocycles. The van der Waals surface area contributed by atoms with Gasteiger partial charge in [0.15, 0.2) is 0 Å². The van der Waals surface area contributed by atoms with Crippen molar-refractivity contribution in [2.75, 3.05) is 37.4 Å². The number of carbonyl (C=O) groups is 3. The molecule has 3 atom stereocenters. The second-order valence-corrected chi connectivity index (χ2v) is 11.8. The molecule has 1 aliphatic heterocycles. The number of hydrogen-bond donors (Lipinski definition) is 3. The number of rotatable bonds is 8. The lowest BCUT2D eigenvalue weighted by Gasteiger charge is -2.34. The van der Waals surface area contributed by atoms with Crippen LogP contribution in [0.25, 0.3) is 10.8 Å². The molecule has 0 aliphatic carbocycles. The summed E-state index contributed by atoms with van der Waals surface area (Å²) >= 11 is 0. The monoisotopic (exact) mass is 608 g/mol. The van der Waals surface area contributed by atoms with E-state index in [0.29, 0.717) is 29.2 Å². The van der Waals surface area contributed by atoms with E-state index in [1.165, 1.54) is 0 Å². The molecule has 45 heavy (non-hydrogen) atoms. The summed E-state index contributed by atoms with van der Waals surface area (Å²) in [7, 11) is 1.72. The van der Waals surface area contributed by atoms with Crippen LogP contribution in [0.1, 0.15) is 25.0 Å². The number of benzene rings is 4. The van der Waals surface area contributed by atoms with E-state index in [0.717, 1.165) is 16.3 Å². The number of amides is 4. The minimum absolute atomic E-state index is 0.0406. The van der Waals surface area contributed by atoms with Crippen LogP contribution in [0, 0.1) is 5.92 Å². The normalized spacial score (nSPS) is 17.2. The van der Waals surface area contributed by atoms with Crippen molar-refractivity contribution in [2.45, 2.75) is 38.8 Å². The third-order valence-corrected chi connectivity index (χ3v) is 8.24. The van der Waals surface area contributed by atoms with E-state index in [1.54, 1.807) is 35.0 Å². The van der Waals surface area contributed by atoms with Crippen molar-refractivity contribution in [1.29, 1.82) is 0 Å². The topological polar surface area (TPSA) is 111 Å². The molecular formula is C36H40N4O5. The molecule has 4 aromatic carbocycles. The molecule has 0 saturated carbocycles. The average Bonchev–Trinajstić information content (AvgIpc) is 3.08. The number of hydrogen-bond acceptors (Lipinski definition) is 5. The van der Waals surface area contributed by atoms with Gasteiger partial charge in [-0.3, -0.25) is 9.59 Å². The second kappa shape index (κ2) is 14.3. The molecule has 5 rings (SSSR count). The number of carbonyl (C=O) groups excluding carboxylic acids is 3. The molecule has 0 saturated heterocycles. The summed E-state index contributed by atoms with van der Waals surface area (Å²) in [5, 5.41) is 17.9. The van der Waals surface area contributed by atoms with Gasteiger partial charge in [-0.25, -0.2) is 4.79 Å². The van der Waals surface area contributed by atoms with E-state index in [-0.39, 0.29) is 49.8 Å². The summed E-state index contributed by atoms with van der Waals surface area (Å²) in [6.07, 6.45) is -0.203. The minimum Gasteiger partial charge on any atom is -0.488 e. The van der Waals surface area contributed by atoms with E-state index in [9.17, 15) is 19.5 Å². The third-order valence-electron chi connectivity index (χ3n) is 8.24. The van der Waals surface area contributed by atoms with Gasteiger partial charge in [0.25, 0.3) is 0 Å². The third kappa shape index (κ3) is 7.80. The van der Waals surface area contributed by atoms with E-state index >= 15 is 0 Å². The number of likely N-dealkylation sites (N-methyl/N-ethyl adjacent to an activating group) is 1. The van der Waals surface area contributed by atoms with Crippen molar-refractivity contribution in [1.82, 2.24) is 9.80 Å². The van der Waals surface area contributed by atoms with Crippen molar-refractivity contribution in [2.24, 2.45) is 5.92 Å². The maximum absolute atomic E-state index is 13.5. The van der Waals surface area contributed by atoms with Gasteiger partial charge in [0.2, 0.25) is 11.8 Å². The van der Waals surface area contributed by atoms with Crippen LogP contribution < -0.4 is 15.4 Å². The summed E-state index contributed by atoms with van der Waals surface area (Å²) in [5.41, 5.74) is 2.79. The lowest BCUT2D eigenvalue weighted by atomic mass is 10.0. The molecule has 9 heteroatoms. The van der Waals surface area contributed by atoms with Crippen molar-refractivity contribution < 1.29 is 24.2 Å². The van der Waals surface area contributed by atoms with Crippen LogP contribution >= 0.6 is 0 Å². The molecule has 0 spiro atoms. The lowest BCUT2D eigenvalue weighted by Crippen LogP contribution is -2.48. The Labute approximate surface area is 263 Å². The first kappa shape index (κ1) is 31.5. The molecule has 4 amide bonds. The highest BCUT2D eigenvalue weighted by Gasteiger charge is 2.32. The zero-order valence-electron chi connectivity index (χ0n) is 25.9. The summed E-state index contributed by atoms with van der Waals surface area (Å²) in [6.45, 7) is 4.21. The van der Waals surface area contributed by atoms with Gasteiger partial charge in [-0.2, -0.15) is 0 Å². The second-order valence-electron chi connectivity index (χ2n) is 11.8. The maximum Gasteiger partial charge on any atom is 0.321 e. The molecule has 234 valence electrons. The fourth-order valence-corrected chi connectivity index (χ4v) is 5.61. The average molecular weight is 609 g/mol. The Morgan fingerprint density at radius 3 is 2.51 bits per heavy atom. The molecule has 0 bridgehead atoms. The Balaban J connectivity index is 1.36. The lowest BCUT2D eigenvalue weighted by molar-refractivity contribution is -0.134. The highest BCUT2D eigenvalue weighted by Crippen LogP contribution is 2.30. The van der Waals surface area contributed by atoms with E-state index in [4.69, 9.17) is 4.74 Å². The minimum atomic E-state index is -0.468. The molecule has 4 aromatic rings. The first-order valence-corrected chi connectivity index (χ1v) is 15.3. The Kier molecular flexibility index (Phi) is 9.99. The Bertz CT molecular complexity index is 1650. The van der Waals surface area contributed by atoms with Gasteiger partial charge in [0.05, 0.1) is 37.7 Å². The number of aliphatic hydroxyl groups excluding tert-OH is 1. The quantitative estimate of drug-likeness (QED) is 0.250. The molecule has 3 N–H and O–H groups in total. The van der Waals surface area contributed by atoms with Crippen LogP contribution in [0.3, 0.4) is 0 Å². The molecule has 1 heterocycles. The molecular weight excluding hydrogens is 568 g/mol. The molecule has 0 radical (unpaired) electrons. The highest BCUT2D eigenvalue weighted by atomic mass is 16.5. The molecule has 9 nitrogen and oxygen atoms in total. The standard InChI is InChI=1S/C36H40N4O5/c1-24-21-40(25(2)23-41)35(43)20-28-19-29(37-34(42)18-26-10-5-4-6-11-26)16-17-32(28)45-33(24)22-39(3)36(44)38-31-15-9-13-27-12-7-8-14-30(27)31/h4-17,19,24-25,33,41H,18,20-23H2,1-3H3,(H,37,42)(H,38,44)/t24-,25-,33-/m0/s1. The van der Waals surface area contributed by atoms with E-state index < -0.39 is 12.1 Å². The van der Waals surface area contributed by atoms with E-state index in [1.807, 2.05) is 86.6 Å². The fourth-order valence-electron chi connectivity index (χ4n) is 5.61. The predicted octanol–water partition coefficient (Wildman–Crippen LogP) is 5.33. The molecule has 0 fully saturated rings. The highest BCUT2D eigenvalue weighted by molar-refractivity contribution is 6.01. The summed E-state index contributed by atoms with van der Waals surface area (Å²) in [5.74, 6) is 0.0237. The van der Waals surface area contributed by atoms with Gasteiger partial charge in [-0.05, 0) is 42.1 Å². The van der Waals surface area contributed by atoms with Gasteiger partial charge in [-0.15, -0.1) is 0 Å². The fraction of sp³-hybridized carbons (Fsp3) is 0.306. The van der Waals surface area contributed by atoms with Crippen LogP contribution in [0.15, 0.2) is 91.0 Å². The van der Waals surface area contributed by atoms with Gasteiger partial charge >= 0.3 is 6.03 Å². The predicted molar refractivity (Wildman–Crippen MR) is 176 cm³/mol. The smallest absolute Gasteiger partial charge is 0.321 e. The number of ether oxygens (including phenoxy) is 1. The van der Waals surface area contributed by atoms with Gasteiger partial charge in [-0.1, -0.05) is 73.7 Å². The van der Waals surface area contributed by atoms with Gasteiger partial charge in [0.1, 0.15) is 11.9 Å². The summed E-state index contributed by atoms with van der Waals surface area (Å²) in [4.78, 5) is 42.9. The van der Waals surface area contributed by atoms with Crippen molar-refractivity contribution >= 4 is 40.0 Å². The SMILES string of the molecule is C[C@H]1CN([C@@H](C)CO)C(=O)Cc2cc(NC(=O)Cc3ccccc3)ccc2O[C@H]1CN(C)C(=O)Nc1cccc2ccccc12. The number of urea groups is 1. The zero-order valence-corrected chi connectivity index (χ0v) is 25.9. The Morgan fingerprint density at radius 1 is 1.00 bits per heavy atom. The van der Waals surface area contributed by atoms with Crippen molar-refractivity contribution in [3.63, 3.8) is 0 Å².